The van der Waals surface area contributed by atoms with Crippen LogP contribution in [0.3, 0.4) is 0 Å². The summed E-state index contributed by atoms with van der Waals surface area (Å²) in [7, 11) is 0. The van der Waals surface area contributed by atoms with Gasteiger partial charge >= 0.3 is 0 Å². The number of aryl methyl sites for hydroxylation is 1. The molecular weight excluding hydrogens is 406 g/mol. The summed E-state index contributed by atoms with van der Waals surface area (Å²) in [5.41, 5.74) is 4.72. The van der Waals surface area contributed by atoms with Crippen LogP contribution in [0, 0.1) is 6.92 Å². The number of ether oxygens (including phenoxy) is 1. The Morgan fingerprint density at radius 3 is 2.97 bits per heavy atom. The Kier molecular flexibility index (Phi) is 5.79. The molecule has 0 saturated carbocycles. The predicted molar refractivity (Wildman–Crippen MR) is 120 cm³/mol. The number of pyridine rings is 1. The lowest BCUT2D eigenvalue weighted by Crippen LogP contribution is -2.41. The number of thiophene rings is 1. The molecule has 1 aromatic carbocycles. The second-order valence-corrected chi connectivity index (χ2v) is 8.96. The highest BCUT2D eigenvalue weighted by Crippen LogP contribution is 2.41. The van der Waals surface area contributed by atoms with Crippen molar-refractivity contribution in [3.05, 3.63) is 58.2 Å². The smallest absolute Gasteiger partial charge is 0.132 e. The van der Waals surface area contributed by atoms with Gasteiger partial charge in [0.2, 0.25) is 0 Å². The first-order valence-corrected chi connectivity index (χ1v) is 10.7. The number of nitrogens with one attached hydrogen (secondary N) is 2. The van der Waals surface area contributed by atoms with Gasteiger partial charge in [0.25, 0.3) is 0 Å². The number of aromatic nitrogens is 1. The van der Waals surface area contributed by atoms with E-state index in [-0.39, 0.29) is 18.8 Å². The van der Waals surface area contributed by atoms with Gasteiger partial charge in [-0.15, -0.1) is 11.3 Å². The van der Waals surface area contributed by atoms with Crippen LogP contribution in [0.4, 0.5) is 0 Å². The number of aliphatic hydroxyl groups excluding tert-OH is 1. The Morgan fingerprint density at radius 2 is 2.21 bits per heavy atom. The van der Waals surface area contributed by atoms with Crippen molar-refractivity contribution in [3.8, 4) is 16.9 Å². The Bertz CT molecular complexity index is 1070. The molecule has 0 spiro atoms. The van der Waals surface area contributed by atoms with Crippen LogP contribution in [0.5, 0.6) is 5.75 Å². The average molecular weight is 430 g/mol. The minimum Gasteiger partial charge on any atom is -0.486 e. The number of fused-ring (bicyclic) bond motifs is 1. The minimum atomic E-state index is -0.0287. The van der Waals surface area contributed by atoms with E-state index in [0.29, 0.717) is 5.02 Å². The van der Waals surface area contributed by atoms with E-state index < -0.39 is 0 Å². The van der Waals surface area contributed by atoms with Crippen LogP contribution >= 0.6 is 22.9 Å². The fourth-order valence-corrected chi connectivity index (χ4v) is 5.03. The summed E-state index contributed by atoms with van der Waals surface area (Å²) < 4.78 is 7.57. The van der Waals surface area contributed by atoms with Crippen molar-refractivity contribution >= 4 is 33.2 Å². The molecule has 1 aliphatic heterocycles. The molecule has 0 amide bonds. The van der Waals surface area contributed by atoms with Crippen LogP contribution in [0.1, 0.15) is 17.4 Å². The van der Waals surface area contributed by atoms with Crippen LogP contribution in [-0.2, 0) is 6.61 Å². The number of aliphatic hydroxyl groups is 1. The maximum Gasteiger partial charge on any atom is 0.132 e. The molecule has 2 atom stereocenters. The molecule has 1 saturated heterocycles. The maximum atomic E-state index is 9.55. The molecule has 0 bridgehead atoms. The summed E-state index contributed by atoms with van der Waals surface area (Å²) >= 11 is 7.97. The topological polar surface area (TPSA) is 66.4 Å². The van der Waals surface area contributed by atoms with Crippen LogP contribution in [-0.4, -0.2) is 35.3 Å². The van der Waals surface area contributed by atoms with Crippen LogP contribution in [0.2, 0.25) is 5.02 Å². The number of rotatable bonds is 6. The normalized spacial score (nSPS) is 18.9. The highest BCUT2D eigenvalue weighted by molar-refractivity contribution is 7.19. The van der Waals surface area contributed by atoms with Gasteiger partial charge in [0.05, 0.1) is 22.9 Å². The number of hydrogen-bond acceptors (Lipinski definition) is 6. The minimum absolute atomic E-state index is 0.000392. The summed E-state index contributed by atoms with van der Waals surface area (Å²) in [5, 5.41) is 17.0. The van der Waals surface area contributed by atoms with Crippen LogP contribution in [0.15, 0.2) is 42.7 Å². The van der Waals surface area contributed by atoms with E-state index in [9.17, 15) is 5.11 Å². The summed E-state index contributed by atoms with van der Waals surface area (Å²) in [6.45, 7) is 9.51. The summed E-state index contributed by atoms with van der Waals surface area (Å²) in [5.74, 6) is 0.822. The van der Waals surface area contributed by atoms with Gasteiger partial charge in [-0.25, -0.2) is 0 Å². The Morgan fingerprint density at radius 1 is 1.38 bits per heavy atom. The zero-order valence-corrected chi connectivity index (χ0v) is 18.0. The maximum absolute atomic E-state index is 9.55. The molecule has 0 radical (unpaired) electrons. The predicted octanol–water partition coefficient (Wildman–Crippen LogP) is 4.26. The lowest BCUT2D eigenvalue weighted by Gasteiger charge is -2.25. The van der Waals surface area contributed by atoms with Gasteiger partial charge in [0.1, 0.15) is 11.9 Å². The molecule has 5 nitrogen and oxygen atoms in total. The Hall–Kier alpha value is -2.12. The fourth-order valence-electron chi connectivity index (χ4n) is 3.75. The first kappa shape index (κ1) is 20.2. The molecule has 4 rings (SSSR count). The second-order valence-electron chi connectivity index (χ2n) is 7.39. The van der Waals surface area contributed by atoms with E-state index in [2.05, 4.69) is 22.2 Å². The van der Waals surface area contributed by atoms with Crippen molar-refractivity contribution in [2.75, 3.05) is 13.1 Å². The highest BCUT2D eigenvalue weighted by atomic mass is 35.5. The van der Waals surface area contributed by atoms with E-state index in [0.717, 1.165) is 56.3 Å². The monoisotopic (exact) mass is 429 g/mol. The number of halogens is 1. The molecule has 7 heteroatoms. The van der Waals surface area contributed by atoms with E-state index in [1.807, 2.05) is 38.1 Å². The quantitative estimate of drug-likeness (QED) is 0.546. The van der Waals surface area contributed by atoms with Gasteiger partial charge in [-0.3, -0.25) is 4.98 Å². The molecule has 3 aromatic rings. The van der Waals surface area contributed by atoms with E-state index in [4.69, 9.17) is 16.3 Å². The number of allylic oxidation sites excluding steroid dienone is 1. The van der Waals surface area contributed by atoms with Gasteiger partial charge in [-0.05, 0) is 43.7 Å². The fraction of sp³-hybridized carbons (Fsp3) is 0.318. The molecule has 1 fully saturated rings. The van der Waals surface area contributed by atoms with Crippen molar-refractivity contribution in [2.45, 2.75) is 32.6 Å². The molecule has 0 unspecified atom stereocenters. The van der Waals surface area contributed by atoms with Gasteiger partial charge in [-0.1, -0.05) is 18.2 Å². The third-order valence-corrected chi connectivity index (χ3v) is 6.37. The van der Waals surface area contributed by atoms with Gasteiger partial charge in [0.15, 0.2) is 0 Å². The van der Waals surface area contributed by atoms with Crippen molar-refractivity contribution in [1.82, 2.24) is 15.6 Å². The highest BCUT2D eigenvalue weighted by Gasteiger charge is 2.30. The van der Waals surface area contributed by atoms with Crippen molar-refractivity contribution in [3.63, 3.8) is 0 Å². The summed E-state index contributed by atoms with van der Waals surface area (Å²) in [6, 6.07) is 7.93. The second kappa shape index (κ2) is 8.32. The third kappa shape index (κ3) is 4.12. The number of hydrogen-bond donors (Lipinski definition) is 3. The summed E-state index contributed by atoms with van der Waals surface area (Å²) in [4.78, 5) is 5.34. The summed E-state index contributed by atoms with van der Waals surface area (Å²) in [6.07, 6.45) is 1.76. The molecule has 1 aliphatic rings. The van der Waals surface area contributed by atoms with Gasteiger partial charge in [0, 0.05) is 46.0 Å². The standard InChI is InChI=1S/C22H24ClN3O2S/c1-12(2)26-19-9-24-10-20(19)28-21-13(3)6-14(23)7-17(21)16-4-5-25-18-8-15(11-27)29-22(16)18/h4-8,19-20,24,26-27H,1,9-11H2,2-3H3/t19-,20+/m0/s1. The Labute approximate surface area is 179 Å². The molecule has 29 heavy (non-hydrogen) atoms. The van der Waals surface area contributed by atoms with Gasteiger partial charge in [-0.2, -0.15) is 0 Å². The lowest BCUT2D eigenvalue weighted by molar-refractivity contribution is 0.193. The third-order valence-electron chi connectivity index (χ3n) is 5.01. The van der Waals surface area contributed by atoms with E-state index >= 15 is 0 Å². The van der Waals surface area contributed by atoms with Crippen LogP contribution < -0.4 is 15.4 Å². The van der Waals surface area contributed by atoms with Crippen molar-refractivity contribution < 1.29 is 9.84 Å². The van der Waals surface area contributed by atoms with Crippen molar-refractivity contribution in [1.29, 1.82) is 0 Å². The molecule has 3 N–H and O–H groups in total. The number of benzene rings is 1. The molecule has 152 valence electrons. The van der Waals surface area contributed by atoms with Crippen LogP contribution in [0.25, 0.3) is 21.3 Å². The molecule has 2 aromatic heterocycles. The van der Waals surface area contributed by atoms with E-state index in [1.54, 1.807) is 17.5 Å². The zero-order chi connectivity index (χ0) is 20.5. The van der Waals surface area contributed by atoms with E-state index in [1.165, 1.54) is 0 Å². The first-order valence-electron chi connectivity index (χ1n) is 9.54. The zero-order valence-electron chi connectivity index (χ0n) is 16.5. The molecular formula is C22H24ClN3O2S. The molecule has 0 aliphatic carbocycles. The molecule has 3 heterocycles. The first-order chi connectivity index (χ1) is 14.0. The lowest BCUT2D eigenvalue weighted by atomic mass is 10.0. The number of nitrogens with zero attached hydrogens (tertiary/aromatic N) is 1. The van der Waals surface area contributed by atoms with Gasteiger partial charge < -0.3 is 20.5 Å². The van der Waals surface area contributed by atoms with Crippen molar-refractivity contribution in [2.24, 2.45) is 0 Å². The SMILES string of the molecule is C=C(C)N[C@H]1CNC[C@H]1Oc1c(C)cc(Cl)cc1-c1ccnc2cc(CO)sc12. The Balaban J connectivity index is 1.79. The largest absolute Gasteiger partial charge is 0.486 e. The average Bonchev–Trinajstić information content (AvgIpc) is 3.29.